The molecule has 0 saturated carbocycles. The minimum Gasteiger partial charge on any atom is -0.467 e. The lowest BCUT2D eigenvalue weighted by Crippen LogP contribution is -2.62. The van der Waals surface area contributed by atoms with Crippen molar-refractivity contribution in [3.8, 4) is 0 Å². The molecule has 2 rings (SSSR count). The number of methoxy groups -OCH3 is 1. The molecule has 1 aromatic heterocycles. The highest BCUT2D eigenvalue weighted by atomic mass is 32.1. The Labute approximate surface area is 149 Å². The van der Waals surface area contributed by atoms with Crippen LogP contribution in [0.25, 0.3) is 0 Å². The van der Waals surface area contributed by atoms with Gasteiger partial charge in [0, 0.05) is 20.0 Å². The van der Waals surface area contributed by atoms with Crippen LogP contribution in [0.4, 0.5) is 0 Å². The van der Waals surface area contributed by atoms with Crippen molar-refractivity contribution in [2.24, 2.45) is 0 Å². The standard InChI is InChI=1S/C16H21N3O5S/c1-10(16(23)24-3)17-14(21)12-9-18(11(2)20)6-7-19(12)15(22)13-5-4-8-25-13/h4-5,8,10,12H,6-7,9H2,1-3H3,(H,17,21)/t10-,12+/m1/s1. The molecule has 0 aromatic carbocycles. The molecule has 1 aliphatic rings. The molecule has 0 unspecified atom stereocenters. The van der Waals surface area contributed by atoms with Crippen LogP contribution in [0.15, 0.2) is 17.5 Å². The molecule has 2 atom stereocenters. The predicted molar refractivity (Wildman–Crippen MR) is 91.0 cm³/mol. The Hall–Kier alpha value is -2.42. The normalized spacial score (nSPS) is 18.4. The van der Waals surface area contributed by atoms with Crippen molar-refractivity contribution >= 4 is 35.0 Å². The third-order valence-electron chi connectivity index (χ3n) is 4.03. The second-order valence-electron chi connectivity index (χ2n) is 5.71. The number of carbonyl (C=O) groups excluding carboxylic acids is 4. The van der Waals surface area contributed by atoms with Crippen molar-refractivity contribution in [1.82, 2.24) is 15.1 Å². The molecule has 1 fully saturated rings. The van der Waals surface area contributed by atoms with Gasteiger partial charge in [-0.25, -0.2) is 4.79 Å². The van der Waals surface area contributed by atoms with E-state index in [-0.39, 0.29) is 24.9 Å². The topological polar surface area (TPSA) is 96.0 Å². The summed E-state index contributed by atoms with van der Waals surface area (Å²) in [6, 6.07) is 1.75. The molecule has 136 valence electrons. The molecular formula is C16H21N3O5S. The Balaban J connectivity index is 2.19. The zero-order chi connectivity index (χ0) is 18.6. The number of thiophene rings is 1. The minimum atomic E-state index is -0.862. The summed E-state index contributed by atoms with van der Waals surface area (Å²) in [4.78, 5) is 52.0. The number of amides is 3. The quantitative estimate of drug-likeness (QED) is 0.762. The van der Waals surface area contributed by atoms with Crippen LogP contribution < -0.4 is 5.32 Å². The average Bonchev–Trinajstić information content (AvgIpc) is 3.14. The summed E-state index contributed by atoms with van der Waals surface area (Å²) in [7, 11) is 1.23. The van der Waals surface area contributed by atoms with Gasteiger partial charge in [0.05, 0.1) is 18.5 Å². The zero-order valence-corrected chi connectivity index (χ0v) is 15.2. The van der Waals surface area contributed by atoms with Crippen LogP contribution in [0.1, 0.15) is 23.5 Å². The first kappa shape index (κ1) is 18.9. The number of esters is 1. The van der Waals surface area contributed by atoms with E-state index in [1.807, 2.05) is 0 Å². The molecule has 9 heteroatoms. The molecular weight excluding hydrogens is 346 g/mol. The van der Waals surface area contributed by atoms with Gasteiger partial charge >= 0.3 is 5.97 Å². The van der Waals surface area contributed by atoms with E-state index in [1.54, 1.807) is 17.5 Å². The van der Waals surface area contributed by atoms with Gasteiger partial charge in [-0.2, -0.15) is 0 Å². The number of piperazine rings is 1. The molecule has 1 aliphatic heterocycles. The third-order valence-corrected chi connectivity index (χ3v) is 4.89. The van der Waals surface area contributed by atoms with E-state index in [9.17, 15) is 19.2 Å². The van der Waals surface area contributed by atoms with Gasteiger partial charge < -0.3 is 19.9 Å². The zero-order valence-electron chi connectivity index (χ0n) is 14.4. The summed E-state index contributed by atoms with van der Waals surface area (Å²) >= 11 is 1.29. The molecule has 0 spiro atoms. The molecule has 0 aliphatic carbocycles. The second kappa shape index (κ2) is 8.11. The van der Waals surface area contributed by atoms with Gasteiger partial charge in [0.25, 0.3) is 5.91 Å². The predicted octanol–water partition coefficient (Wildman–Crippen LogP) is 0.0987. The van der Waals surface area contributed by atoms with Crippen LogP contribution >= 0.6 is 11.3 Å². The number of hydrogen-bond acceptors (Lipinski definition) is 6. The molecule has 2 heterocycles. The number of rotatable bonds is 4. The molecule has 25 heavy (non-hydrogen) atoms. The summed E-state index contributed by atoms with van der Waals surface area (Å²) in [6.45, 7) is 3.62. The van der Waals surface area contributed by atoms with Crippen LogP contribution in [0, 0.1) is 0 Å². The van der Waals surface area contributed by atoms with Crippen molar-refractivity contribution in [1.29, 1.82) is 0 Å². The highest BCUT2D eigenvalue weighted by Crippen LogP contribution is 2.18. The monoisotopic (exact) mass is 367 g/mol. The largest absolute Gasteiger partial charge is 0.467 e. The van der Waals surface area contributed by atoms with E-state index < -0.39 is 24.0 Å². The van der Waals surface area contributed by atoms with Crippen molar-refractivity contribution < 1.29 is 23.9 Å². The summed E-state index contributed by atoms with van der Waals surface area (Å²) < 4.78 is 4.60. The van der Waals surface area contributed by atoms with E-state index >= 15 is 0 Å². The van der Waals surface area contributed by atoms with Gasteiger partial charge in [0.1, 0.15) is 12.1 Å². The van der Waals surface area contributed by atoms with Crippen molar-refractivity contribution in [2.75, 3.05) is 26.7 Å². The van der Waals surface area contributed by atoms with Gasteiger partial charge in [0.15, 0.2) is 0 Å². The Morgan fingerprint density at radius 1 is 1.32 bits per heavy atom. The number of nitrogens with one attached hydrogen (secondary N) is 1. The maximum atomic E-state index is 12.7. The summed E-state index contributed by atoms with van der Waals surface area (Å²) in [5, 5.41) is 4.33. The van der Waals surface area contributed by atoms with Crippen LogP contribution in [-0.4, -0.2) is 72.3 Å². The van der Waals surface area contributed by atoms with E-state index in [0.717, 1.165) is 0 Å². The first-order chi connectivity index (χ1) is 11.8. The Kier molecular flexibility index (Phi) is 6.13. The lowest BCUT2D eigenvalue weighted by molar-refractivity contribution is -0.146. The van der Waals surface area contributed by atoms with E-state index in [1.165, 1.54) is 42.1 Å². The Bertz CT molecular complexity index is 661. The molecule has 1 saturated heterocycles. The minimum absolute atomic E-state index is 0.0895. The van der Waals surface area contributed by atoms with Crippen LogP contribution in [0.5, 0.6) is 0 Å². The fourth-order valence-corrected chi connectivity index (χ4v) is 3.30. The smallest absolute Gasteiger partial charge is 0.328 e. The Morgan fingerprint density at radius 3 is 2.60 bits per heavy atom. The lowest BCUT2D eigenvalue weighted by atomic mass is 10.1. The second-order valence-corrected chi connectivity index (χ2v) is 6.66. The van der Waals surface area contributed by atoms with Crippen LogP contribution in [-0.2, 0) is 19.1 Å². The Morgan fingerprint density at radius 2 is 2.04 bits per heavy atom. The van der Waals surface area contributed by atoms with Crippen molar-refractivity contribution in [2.45, 2.75) is 25.9 Å². The molecule has 0 radical (unpaired) electrons. The summed E-state index contributed by atoms with van der Waals surface area (Å²) in [5.74, 6) is -1.50. The molecule has 8 nitrogen and oxygen atoms in total. The van der Waals surface area contributed by atoms with Crippen LogP contribution in [0.2, 0.25) is 0 Å². The van der Waals surface area contributed by atoms with E-state index in [4.69, 9.17) is 0 Å². The lowest BCUT2D eigenvalue weighted by Gasteiger charge is -2.40. The maximum absolute atomic E-state index is 12.7. The summed E-state index contributed by atoms with van der Waals surface area (Å²) in [6.07, 6.45) is 0. The molecule has 1 aromatic rings. The fraction of sp³-hybridized carbons (Fsp3) is 0.500. The molecule has 1 N–H and O–H groups in total. The molecule has 3 amide bonds. The first-order valence-electron chi connectivity index (χ1n) is 7.83. The van der Waals surface area contributed by atoms with E-state index in [2.05, 4.69) is 10.1 Å². The van der Waals surface area contributed by atoms with E-state index in [0.29, 0.717) is 11.4 Å². The van der Waals surface area contributed by atoms with Gasteiger partial charge in [-0.1, -0.05) is 6.07 Å². The molecule has 0 bridgehead atoms. The number of carbonyl (C=O) groups is 4. The highest BCUT2D eigenvalue weighted by molar-refractivity contribution is 7.12. The fourth-order valence-electron chi connectivity index (χ4n) is 2.62. The van der Waals surface area contributed by atoms with Crippen LogP contribution in [0.3, 0.4) is 0 Å². The van der Waals surface area contributed by atoms with Crippen molar-refractivity contribution in [3.05, 3.63) is 22.4 Å². The maximum Gasteiger partial charge on any atom is 0.328 e. The van der Waals surface area contributed by atoms with Gasteiger partial charge in [-0.05, 0) is 18.4 Å². The van der Waals surface area contributed by atoms with Crippen molar-refractivity contribution in [3.63, 3.8) is 0 Å². The summed E-state index contributed by atoms with van der Waals surface area (Å²) in [5.41, 5.74) is 0. The van der Waals surface area contributed by atoms with Gasteiger partial charge in [0.2, 0.25) is 11.8 Å². The first-order valence-corrected chi connectivity index (χ1v) is 8.71. The average molecular weight is 367 g/mol. The third kappa shape index (κ3) is 4.36. The SMILES string of the molecule is COC(=O)[C@@H](C)NC(=O)[C@@H]1CN(C(C)=O)CCN1C(=O)c1cccs1. The van der Waals surface area contributed by atoms with Gasteiger partial charge in [-0.15, -0.1) is 11.3 Å². The number of hydrogen-bond donors (Lipinski definition) is 1. The number of nitrogens with zero attached hydrogens (tertiary/aromatic N) is 2. The highest BCUT2D eigenvalue weighted by Gasteiger charge is 2.37. The van der Waals surface area contributed by atoms with Gasteiger partial charge in [-0.3, -0.25) is 14.4 Å². The number of ether oxygens (including phenoxy) is 1.